The van der Waals surface area contributed by atoms with Crippen LogP contribution in [-0.4, -0.2) is 44.2 Å². The largest absolute Gasteiger partial charge is 0.369 e. The van der Waals surface area contributed by atoms with Crippen LogP contribution in [0, 0.1) is 5.82 Å². The summed E-state index contributed by atoms with van der Waals surface area (Å²) in [6.07, 6.45) is 1.13. The quantitative estimate of drug-likeness (QED) is 0.485. The van der Waals surface area contributed by atoms with Gasteiger partial charge in [0.25, 0.3) is 0 Å². The molecular formula is C23H23ClFN3S. The molecule has 3 nitrogen and oxygen atoms in total. The Kier molecular flexibility index (Phi) is 5.29. The van der Waals surface area contributed by atoms with Crippen LogP contribution >= 0.6 is 23.5 Å². The first-order chi connectivity index (χ1) is 14.2. The molecule has 3 aromatic carbocycles. The van der Waals surface area contributed by atoms with Crippen LogP contribution in [0.25, 0.3) is 10.8 Å². The van der Waals surface area contributed by atoms with Crippen molar-refractivity contribution >= 4 is 45.7 Å². The Morgan fingerprint density at radius 2 is 1.69 bits per heavy atom. The molecule has 0 N–H and O–H groups in total. The van der Waals surface area contributed by atoms with Crippen molar-refractivity contribution in [3.63, 3.8) is 0 Å². The first-order valence-corrected chi connectivity index (χ1v) is 11.2. The lowest BCUT2D eigenvalue weighted by Crippen LogP contribution is -2.46. The molecule has 6 heteroatoms. The second-order valence-electron chi connectivity index (χ2n) is 7.60. The van der Waals surface area contributed by atoms with E-state index < -0.39 is 0 Å². The lowest BCUT2D eigenvalue weighted by atomic mass is 10.1. The summed E-state index contributed by atoms with van der Waals surface area (Å²) in [4.78, 5) is 6.17. The Morgan fingerprint density at radius 3 is 2.48 bits per heavy atom. The Labute approximate surface area is 180 Å². The molecule has 0 atom stereocenters. The van der Waals surface area contributed by atoms with Gasteiger partial charge in [-0.2, -0.15) is 0 Å². The molecule has 0 aromatic heterocycles. The molecule has 0 unspecified atom stereocenters. The van der Waals surface area contributed by atoms with Crippen LogP contribution in [0.1, 0.15) is 6.42 Å². The first kappa shape index (κ1) is 19.0. The molecule has 0 aliphatic carbocycles. The molecule has 1 fully saturated rings. The second kappa shape index (κ2) is 8.05. The number of halogens is 2. The third-order valence-electron chi connectivity index (χ3n) is 5.80. The Hall–Kier alpha value is -1.95. The zero-order chi connectivity index (χ0) is 19.8. The van der Waals surface area contributed by atoms with Gasteiger partial charge in [0.1, 0.15) is 5.82 Å². The SMILES string of the molecule is Fc1ccc(N2CCN(CCCN3Sc4ccc(Cl)c5cccc3c45)CC2)cc1. The number of piperazine rings is 1. The van der Waals surface area contributed by atoms with Crippen molar-refractivity contribution in [1.82, 2.24) is 4.90 Å². The standard InChI is InChI=1S/C23H23ClFN3S/c24-20-9-10-22-23-19(20)3-1-4-21(23)28(29-22)12-2-11-26-13-15-27(16-14-26)18-7-5-17(25)6-8-18/h1,3-10H,2,11-16H2. The fraction of sp³-hybridized carbons (Fsp3) is 0.304. The third kappa shape index (κ3) is 3.79. The van der Waals surface area contributed by atoms with Gasteiger partial charge in [-0.3, -0.25) is 4.90 Å². The van der Waals surface area contributed by atoms with Crippen molar-refractivity contribution in [2.75, 3.05) is 48.5 Å². The summed E-state index contributed by atoms with van der Waals surface area (Å²) in [6.45, 7) is 6.21. The molecule has 2 heterocycles. The van der Waals surface area contributed by atoms with Gasteiger partial charge >= 0.3 is 0 Å². The number of hydrogen-bond donors (Lipinski definition) is 0. The lowest BCUT2D eigenvalue weighted by Gasteiger charge is -2.36. The summed E-state index contributed by atoms with van der Waals surface area (Å²) < 4.78 is 15.5. The minimum Gasteiger partial charge on any atom is -0.369 e. The Balaban J connectivity index is 1.15. The minimum atomic E-state index is -0.174. The Bertz CT molecular complexity index is 1020. The van der Waals surface area contributed by atoms with Crippen molar-refractivity contribution in [1.29, 1.82) is 0 Å². The molecule has 2 aliphatic rings. The predicted molar refractivity (Wildman–Crippen MR) is 122 cm³/mol. The van der Waals surface area contributed by atoms with Gasteiger partial charge in [0.2, 0.25) is 0 Å². The van der Waals surface area contributed by atoms with E-state index in [-0.39, 0.29) is 5.82 Å². The maximum Gasteiger partial charge on any atom is 0.123 e. The van der Waals surface area contributed by atoms with Crippen LogP contribution in [0.5, 0.6) is 0 Å². The number of rotatable bonds is 5. The van der Waals surface area contributed by atoms with Gasteiger partial charge < -0.3 is 9.21 Å². The van der Waals surface area contributed by atoms with E-state index in [1.54, 1.807) is 12.1 Å². The average Bonchev–Trinajstić information content (AvgIpc) is 3.11. The molecule has 5 rings (SSSR count). The normalized spacial score (nSPS) is 16.8. The summed E-state index contributed by atoms with van der Waals surface area (Å²) >= 11 is 8.22. The predicted octanol–water partition coefficient (Wildman–Crippen LogP) is 5.67. The maximum absolute atomic E-state index is 13.1. The van der Waals surface area contributed by atoms with E-state index in [1.807, 2.05) is 30.1 Å². The molecule has 0 spiro atoms. The summed E-state index contributed by atoms with van der Waals surface area (Å²) in [5.74, 6) is -0.174. The summed E-state index contributed by atoms with van der Waals surface area (Å²) in [6, 6.07) is 17.4. The highest BCUT2D eigenvalue weighted by atomic mass is 35.5. The molecule has 0 amide bonds. The molecule has 0 saturated carbocycles. The third-order valence-corrected chi connectivity index (χ3v) is 7.27. The van der Waals surface area contributed by atoms with Crippen molar-refractivity contribution < 1.29 is 4.39 Å². The number of anilines is 2. The number of benzene rings is 3. The van der Waals surface area contributed by atoms with Crippen LogP contribution in [0.4, 0.5) is 15.8 Å². The van der Waals surface area contributed by atoms with Crippen molar-refractivity contribution in [2.24, 2.45) is 0 Å². The highest BCUT2D eigenvalue weighted by Gasteiger charge is 2.24. The summed E-state index contributed by atoms with van der Waals surface area (Å²) in [5, 5.41) is 3.26. The first-order valence-electron chi connectivity index (χ1n) is 10.1. The smallest absolute Gasteiger partial charge is 0.123 e. The van der Waals surface area contributed by atoms with Crippen molar-refractivity contribution in [3.8, 4) is 0 Å². The highest BCUT2D eigenvalue weighted by molar-refractivity contribution is 8.01. The average molecular weight is 428 g/mol. The zero-order valence-corrected chi connectivity index (χ0v) is 17.7. The monoisotopic (exact) mass is 427 g/mol. The topological polar surface area (TPSA) is 9.72 Å². The lowest BCUT2D eigenvalue weighted by molar-refractivity contribution is 0.256. The number of hydrogen-bond acceptors (Lipinski definition) is 4. The molecule has 150 valence electrons. The Morgan fingerprint density at radius 1 is 0.897 bits per heavy atom. The molecule has 0 radical (unpaired) electrons. The van der Waals surface area contributed by atoms with Crippen molar-refractivity contribution in [2.45, 2.75) is 11.3 Å². The van der Waals surface area contributed by atoms with E-state index in [4.69, 9.17) is 11.6 Å². The van der Waals surface area contributed by atoms with Gasteiger partial charge in [0, 0.05) is 59.1 Å². The van der Waals surface area contributed by atoms with Crippen LogP contribution in [0.2, 0.25) is 5.02 Å². The molecule has 2 aliphatic heterocycles. The van der Waals surface area contributed by atoms with Gasteiger partial charge in [-0.15, -0.1) is 0 Å². The highest BCUT2D eigenvalue weighted by Crippen LogP contribution is 2.47. The van der Waals surface area contributed by atoms with Gasteiger partial charge in [-0.05, 0) is 67.4 Å². The summed E-state index contributed by atoms with van der Waals surface area (Å²) in [5.41, 5.74) is 2.40. The second-order valence-corrected chi connectivity index (χ2v) is 9.07. The van der Waals surface area contributed by atoms with E-state index in [0.717, 1.165) is 61.8 Å². The van der Waals surface area contributed by atoms with Gasteiger partial charge in [-0.1, -0.05) is 23.7 Å². The fourth-order valence-electron chi connectivity index (χ4n) is 4.26. The minimum absolute atomic E-state index is 0.174. The van der Waals surface area contributed by atoms with E-state index in [1.165, 1.54) is 16.0 Å². The van der Waals surface area contributed by atoms with E-state index in [2.05, 4.69) is 38.4 Å². The number of nitrogens with zero attached hydrogens (tertiary/aromatic N) is 3. The van der Waals surface area contributed by atoms with Gasteiger partial charge in [0.15, 0.2) is 0 Å². The van der Waals surface area contributed by atoms with Crippen LogP contribution in [0.15, 0.2) is 59.5 Å². The van der Waals surface area contributed by atoms with E-state index >= 15 is 0 Å². The molecule has 3 aromatic rings. The van der Waals surface area contributed by atoms with Crippen molar-refractivity contribution in [3.05, 3.63) is 65.4 Å². The van der Waals surface area contributed by atoms with Crippen LogP contribution < -0.4 is 9.21 Å². The van der Waals surface area contributed by atoms with Crippen LogP contribution in [-0.2, 0) is 0 Å². The summed E-state index contributed by atoms with van der Waals surface area (Å²) in [7, 11) is 0. The van der Waals surface area contributed by atoms with Gasteiger partial charge in [-0.25, -0.2) is 4.39 Å². The van der Waals surface area contributed by atoms with E-state index in [0.29, 0.717) is 0 Å². The fourth-order valence-corrected chi connectivity index (χ4v) is 5.62. The molecule has 0 bridgehead atoms. The van der Waals surface area contributed by atoms with Crippen LogP contribution in [0.3, 0.4) is 0 Å². The van der Waals surface area contributed by atoms with Gasteiger partial charge in [0.05, 0.1) is 5.69 Å². The maximum atomic E-state index is 13.1. The zero-order valence-electron chi connectivity index (χ0n) is 16.2. The van der Waals surface area contributed by atoms with E-state index in [9.17, 15) is 4.39 Å². The molecule has 1 saturated heterocycles. The molecular weight excluding hydrogens is 405 g/mol. The molecule has 29 heavy (non-hydrogen) atoms.